The van der Waals surface area contributed by atoms with Crippen LogP contribution >= 0.6 is 0 Å². The summed E-state index contributed by atoms with van der Waals surface area (Å²) in [6.07, 6.45) is 3.27. The van der Waals surface area contributed by atoms with Crippen LogP contribution in [0.15, 0.2) is 30.6 Å². The molecule has 2 aromatic rings. The van der Waals surface area contributed by atoms with Crippen molar-refractivity contribution in [2.45, 2.75) is 19.8 Å². The van der Waals surface area contributed by atoms with E-state index in [0.717, 1.165) is 5.56 Å². The molecule has 1 aromatic carbocycles. The molecule has 0 bridgehead atoms. The van der Waals surface area contributed by atoms with Crippen LogP contribution in [0.25, 0.3) is 5.69 Å². The van der Waals surface area contributed by atoms with Crippen LogP contribution in [-0.2, 0) is 0 Å². The summed E-state index contributed by atoms with van der Waals surface area (Å²) in [5.41, 5.74) is 0.817. The molecule has 0 unspecified atom stereocenters. The van der Waals surface area contributed by atoms with Gasteiger partial charge in [0.25, 0.3) is 0 Å². The number of halogens is 2. The lowest BCUT2D eigenvalue weighted by Crippen LogP contribution is -2.01. The maximum atomic E-state index is 13.4. The van der Waals surface area contributed by atoms with Gasteiger partial charge in [0.05, 0.1) is 6.20 Å². The Morgan fingerprint density at radius 1 is 1.19 bits per heavy atom. The van der Waals surface area contributed by atoms with Crippen molar-refractivity contribution in [3.8, 4) is 5.69 Å². The molecule has 2 nitrogen and oxygen atoms in total. The van der Waals surface area contributed by atoms with Gasteiger partial charge in [0.2, 0.25) is 0 Å². The minimum absolute atomic E-state index is 0.130. The zero-order chi connectivity index (χ0) is 11.7. The lowest BCUT2D eigenvalue weighted by Gasteiger charge is -2.04. The van der Waals surface area contributed by atoms with E-state index in [4.69, 9.17) is 0 Å². The van der Waals surface area contributed by atoms with Crippen LogP contribution in [0.1, 0.15) is 25.3 Å². The normalized spacial score (nSPS) is 11.1. The number of rotatable bonds is 2. The van der Waals surface area contributed by atoms with E-state index in [1.165, 1.54) is 22.9 Å². The molecule has 1 aromatic heterocycles. The highest BCUT2D eigenvalue weighted by Crippen LogP contribution is 2.19. The minimum Gasteiger partial charge on any atom is -0.235 e. The molecule has 84 valence electrons. The van der Waals surface area contributed by atoms with Crippen LogP contribution < -0.4 is 0 Å². The first-order valence-electron chi connectivity index (χ1n) is 5.08. The summed E-state index contributed by atoms with van der Waals surface area (Å²) < 4.78 is 28.1. The summed E-state index contributed by atoms with van der Waals surface area (Å²) in [4.78, 5) is 0. The van der Waals surface area contributed by atoms with Crippen LogP contribution in [0, 0.1) is 11.6 Å². The molecule has 0 saturated heterocycles. The average molecular weight is 222 g/mol. The first-order chi connectivity index (χ1) is 7.59. The van der Waals surface area contributed by atoms with Crippen LogP contribution in [0.2, 0.25) is 0 Å². The Balaban J connectivity index is 2.50. The Morgan fingerprint density at radius 3 is 2.31 bits per heavy atom. The van der Waals surface area contributed by atoms with Gasteiger partial charge in [-0.25, -0.2) is 13.5 Å². The van der Waals surface area contributed by atoms with Crippen LogP contribution in [-0.4, -0.2) is 9.78 Å². The summed E-state index contributed by atoms with van der Waals surface area (Å²) in [6, 6.07) is 3.77. The Hall–Kier alpha value is -1.71. The van der Waals surface area contributed by atoms with Crippen molar-refractivity contribution in [3.05, 3.63) is 47.8 Å². The molecule has 2 rings (SSSR count). The molecule has 0 radical (unpaired) electrons. The zero-order valence-corrected chi connectivity index (χ0v) is 9.11. The molecular formula is C12H12F2N2. The summed E-state index contributed by atoms with van der Waals surface area (Å²) in [5, 5.41) is 3.97. The van der Waals surface area contributed by atoms with Crippen molar-refractivity contribution in [2.75, 3.05) is 0 Å². The quantitative estimate of drug-likeness (QED) is 0.762. The molecule has 0 N–H and O–H groups in total. The van der Waals surface area contributed by atoms with Gasteiger partial charge in [-0.2, -0.15) is 5.10 Å². The topological polar surface area (TPSA) is 17.8 Å². The van der Waals surface area contributed by atoms with Crippen molar-refractivity contribution in [2.24, 2.45) is 0 Å². The van der Waals surface area contributed by atoms with E-state index in [1.807, 2.05) is 13.8 Å². The van der Waals surface area contributed by atoms with Crippen molar-refractivity contribution >= 4 is 0 Å². The molecule has 0 spiro atoms. The van der Waals surface area contributed by atoms with Crippen molar-refractivity contribution in [1.82, 2.24) is 9.78 Å². The predicted molar refractivity (Wildman–Crippen MR) is 57.6 cm³/mol. The molecule has 16 heavy (non-hydrogen) atoms. The van der Waals surface area contributed by atoms with Gasteiger partial charge in [0, 0.05) is 6.20 Å². The lowest BCUT2D eigenvalue weighted by molar-refractivity contribution is 0.560. The Morgan fingerprint density at radius 2 is 1.81 bits per heavy atom. The first-order valence-corrected chi connectivity index (χ1v) is 5.08. The molecule has 0 aliphatic heterocycles. The maximum absolute atomic E-state index is 13.4. The molecule has 0 aliphatic carbocycles. The number of aromatic nitrogens is 2. The first kappa shape index (κ1) is 10.8. The standard InChI is InChI=1S/C12H12F2N2/c1-8(2)9-6-15-16(7-9)12-10(13)4-3-5-11(12)14/h3-8H,1-2H3. The highest BCUT2D eigenvalue weighted by molar-refractivity contribution is 5.35. The summed E-state index contributed by atoms with van der Waals surface area (Å²) >= 11 is 0. The fraction of sp³-hybridized carbons (Fsp3) is 0.250. The SMILES string of the molecule is CC(C)c1cnn(-c2c(F)cccc2F)c1. The van der Waals surface area contributed by atoms with E-state index in [9.17, 15) is 8.78 Å². The van der Waals surface area contributed by atoms with Gasteiger partial charge in [-0.3, -0.25) is 0 Å². The molecular weight excluding hydrogens is 210 g/mol. The largest absolute Gasteiger partial charge is 0.235 e. The summed E-state index contributed by atoms with van der Waals surface area (Å²) in [7, 11) is 0. The predicted octanol–water partition coefficient (Wildman–Crippen LogP) is 3.27. The van der Waals surface area contributed by atoms with Gasteiger partial charge < -0.3 is 0 Å². The van der Waals surface area contributed by atoms with Gasteiger partial charge in [-0.1, -0.05) is 19.9 Å². The molecule has 0 saturated carbocycles. The van der Waals surface area contributed by atoms with Gasteiger partial charge >= 0.3 is 0 Å². The van der Waals surface area contributed by atoms with E-state index in [-0.39, 0.29) is 11.6 Å². The van der Waals surface area contributed by atoms with Gasteiger partial charge in [0.15, 0.2) is 11.6 Å². The Bertz CT molecular complexity index is 483. The minimum atomic E-state index is -0.613. The highest BCUT2D eigenvalue weighted by atomic mass is 19.1. The smallest absolute Gasteiger partial charge is 0.151 e. The fourth-order valence-corrected chi connectivity index (χ4v) is 1.47. The summed E-state index contributed by atoms with van der Waals surface area (Å²) in [5.74, 6) is -0.944. The third kappa shape index (κ3) is 1.83. The van der Waals surface area contributed by atoms with Crippen LogP contribution in [0.5, 0.6) is 0 Å². The fourth-order valence-electron chi connectivity index (χ4n) is 1.47. The highest BCUT2D eigenvalue weighted by Gasteiger charge is 2.12. The third-order valence-electron chi connectivity index (χ3n) is 2.44. The lowest BCUT2D eigenvalue weighted by atomic mass is 10.1. The van der Waals surface area contributed by atoms with E-state index in [0.29, 0.717) is 0 Å². The summed E-state index contributed by atoms with van der Waals surface area (Å²) in [6.45, 7) is 4.00. The number of hydrogen-bond acceptors (Lipinski definition) is 1. The number of nitrogens with zero attached hydrogens (tertiary/aromatic N) is 2. The second kappa shape index (κ2) is 4.04. The van der Waals surface area contributed by atoms with Crippen LogP contribution in [0.4, 0.5) is 8.78 Å². The molecule has 0 aliphatic rings. The van der Waals surface area contributed by atoms with E-state index in [1.54, 1.807) is 12.4 Å². The van der Waals surface area contributed by atoms with E-state index >= 15 is 0 Å². The third-order valence-corrected chi connectivity index (χ3v) is 2.44. The monoisotopic (exact) mass is 222 g/mol. The number of hydrogen-bond donors (Lipinski definition) is 0. The molecule has 0 amide bonds. The van der Waals surface area contributed by atoms with Crippen molar-refractivity contribution in [3.63, 3.8) is 0 Å². The van der Waals surface area contributed by atoms with Crippen molar-refractivity contribution in [1.29, 1.82) is 0 Å². The molecule has 0 fully saturated rings. The van der Waals surface area contributed by atoms with Gasteiger partial charge in [-0.15, -0.1) is 0 Å². The Labute approximate surface area is 92.5 Å². The Kier molecular flexibility index (Phi) is 2.73. The molecule has 4 heteroatoms. The van der Waals surface area contributed by atoms with E-state index in [2.05, 4.69) is 5.10 Å². The number of para-hydroxylation sites is 1. The van der Waals surface area contributed by atoms with Gasteiger partial charge in [0.1, 0.15) is 5.69 Å². The average Bonchev–Trinajstić information content (AvgIpc) is 2.66. The second-order valence-corrected chi connectivity index (χ2v) is 3.94. The van der Waals surface area contributed by atoms with E-state index < -0.39 is 11.6 Å². The zero-order valence-electron chi connectivity index (χ0n) is 9.11. The van der Waals surface area contributed by atoms with Crippen molar-refractivity contribution < 1.29 is 8.78 Å². The molecule has 1 heterocycles. The number of benzene rings is 1. The van der Waals surface area contributed by atoms with Crippen LogP contribution in [0.3, 0.4) is 0 Å². The second-order valence-electron chi connectivity index (χ2n) is 3.94. The van der Waals surface area contributed by atoms with Gasteiger partial charge in [-0.05, 0) is 23.6 Å². The maximum Gasteiger partial charge on any atom is 0.151 e. The molecule has 0 atom stereocenters.